The minimum Gasteiger partial charge on any atom is -0.338 e. The van der Waals surface area contributed by atoms with E-state index in [4.69, 9.17) is 4.98 Å². The van der Waals surface area contributed by atoms with Gasteiger partial charge in [-0.1, -0.05) is 25.7 Å². The van der Waals surface area contributed by atoms with Crippen molar-refractivity contribution in [2.75, 3.05) is 19.6 Å². The van der Waals surface area contributed by atoms with E-state index in [1.807, 2.05) is 0 Å². The maximum Gasteiger partial charge on any atom is 0.277 e. The molecule has 30 heavy (non-hydrogen) atoms. The third kappa shape index (κ3) is 3.68. The highest BCUT2D eigenvalue weighted by Crippen LogP contribution is 2.34. The van der Waals surface area contributed by atoms with E-state index in [9.17, 15) is 9.59 Å². The summed E-state index contributed by atoms with van der Waals surface area (Å²) in [7, 11) is 0. The molecular formula is C23H33N5O2. The van der Waals surface area contributed by atoms with E-state index in [1.165, 1.54) is 51.5 Å². The highest BCUT2D eigenvalue weighted by molar-refractivity contribution is 5.73. The summed E-state index contributed by atoms with van der Waals surface area (Å²) < 4.78 is 1.60. The summed E-state index contributed by atoms with van der Waals surface area (Å²) in [6, 6.07) is 2.43. The first-order valence-corrected chi connectivity index (χ1v) is 11.7. The highest BCUT2D eigenvalue weighted by atomic mass is 16.2. The number of likely N-dealkylation sites (tertiary alicyclic amines) is 1. The molecule has 2 aliphatic heterocycles. The average Bonchev–Trinajstić information content (AvgIpc) is 3.19. The molecule has 0 unspecified atom stereocenters. The number of amides is 1. The Morgan fingerprint density at radius 2 is 1.93 bits per heavy atom. The molecule has 4 heterocycles. The fourth-order valence-corrected chi connectivity index (χ4v) is 5.70. The van der Waals surface area contributed by atoms with E-state index in [0.29, 0.717) is 36.8 Å². The Labute approximate surface area is 177 Å². The number of nitrogens with zero attached hydrogens (tertiary/aromatic N) is 4. The number of H-pyrrole nitrogens is 1. The van der Waals surface area contributed by atoms with Crippen molar-refractivity contribution in [3.05, 3.63) is 33.4 Å². The number of hydrogen-bond donors (Lipinski definition) is 1. The maximum atomic E-state index is 13.2. The number of aromatic nitrogens is 3. The van der Waals surface area contributed by atoms with Crippen LogP contribution in [0.2, 0.25) is 0 Å². The van der Waals surface area contributed by atoms with Gasteiger partial charge in [0, 0.05) is 32.5 Å². The number of carbonyl (C=O) groups is 1. The summed E-state index contributed by atoms with van der Waals surface area (Å²) in [5, 5.41) is 3.39. The Bertz CT molecular complexity index is 987. The topological polar surface area (TPSA) is 73.7 Å². The van der Waals surface area contributed by atoms with E-state index in [1.54, 1.807) is 16.3 Å². The lowest BCUT2D eigenvalue weighted by Gasteiger charge is -2.38. The minimum absolute atomic E-state index is 0.0119. The van der Waals surface area contributed by atoms with Gasteiger partial charge in [-0.3, -0.25) is 19.6 Å². The second kappa shape index (κ2) is 8.17. The van der Waals surface area contributed by atoms with E-state index in [0.717, 1.165) is 30.3 Å². The Balaban J connectivity index is 1.44. The first kappa shape index (κ1) is 19.8. The van der Waals surface area contributed by atoms with Gasteiger partial charge in [0.25, 0.3) is 5.56 Å². The molecule has 7 heteroatoms. The number of rotatable bonds is 3. The van der Waals surface area contributed by atoms with Crippen LogP contribution in [-0.4, -0.2) is 49.9 Å². The summed E-state index contributed by atoms with van der Waals surface area (Å²) in [6.07, 6.45) is 11.1. The summed E-state index contributed by atoms with van der Waals surface area (Å²) >= 11 is 0. The molecule has 162 valence electrons. The lowest BCUT2D eigenvalue weighted by Crippen LogP contribution is -2.39. The van der Waals surface area contributed by atoms with Gasteiger partial charge in [0.2, 0.25) is 5.91 Å². The molecule has 1 amide bonds. The molecule has 2 aromatic heterocycles. The van der Waals surface area contributed by atoms with Gasteiger partial charge >= 0.3 is 0 Å². The number of carbonyl (C=O) groups excluding carboxylic acids is 1. The van der Waals surface area contributed by atoms with Crippen LogP contribution in [0.25, 0.3) is 5.65 Å². The van der Waals surface area contributed by atoms with Crippen LogP contribution in [0.15, 0.2) is 10.9 Å². The highest BCUT2D eigenvalue weighted by Gasteiger charge is 2.29. The van der Waals surface area contributed by atoms with Crippen molar-refractivity contribution in [1.29, 1.82) is 0 Å². The van der Waals surface area contributed by atoms with Gasteiger partial charge in [0.05, 0.1) is 29.5 Å². The van der Waals surface area contributed by atoms with Crippen LogP contribution in [0.5, 0.6) is 0 Å². The Morgan fingerprint density at radius 3 is 2.73 bits per heavy atom. The van der Waals surface area contributed by atoms with Crippen molar-refractivity contribution >= 4 is 11.6 Å². The van der Waals surface area contributed by atoms with Crippen LogP contribution < -0.4 is 5.56 Å². The number of nitrogens with one attached hydrogen (secondary N) is 1. The number of fused-ring (bicyclic) bond motifs is 2. The largest absolute Gasteiger partial charge is 0.338 e. The zero-order chi connectivity index (χ0) is 20.7. The molecule has 5 rings (SSSR count). The molecule has 2 fully saturated rings. The molecule has 1 saturated heterocycles. The molecule has 0 bridgehead atoms. The third-order valence-electron chi connectivity index (χ3n) is 7.42. The summed E-state index contributed by atoms with van der Waals surface area (Å²) in [5.41, 5.74) is 3.28. The molecule has 0 radical (unpaired) electrons. The van der Waals surface area contributed by atoms with E-state index in [2.05, 4.69) is 16.1 Å². The first-order chi connectivity index (χ1) is 14.6. The van der Waals surface area contributed by atoms with Gasteiger partial charge in [-0.25, -0.2) is 9.50 Å². The zero-order valence-corrected chi connectivity index (χ0v) is 18.0. The Morgan fingerprint density at radius 1 is 1.13 bits per heavy atom. The molecule has 3 aliphatic rings. The molecule has 2 aromatic rings. The van der Waals surface area contributed by atoms with E-state index >= 15 is 0 Å². The van der Waals surface area contributed by atoms with Crippen LogP contribution in [0.3, 0.4) is 0 Å². The van der Waals surface area contributed by atoms with Crippen LogP contribution in [0, 0.1) is 5.92 Å². The Kier molecular flexibility index (Phi) is 5.39. The van der Waals surface area contributed by atoms with Crippen LogP contribution in [0.4, 0.5) is 0 Å². The molecule has 0 aromatic carbocycles. The predicted octanol–water partition coefficient (Wildman–Crippen LogP) is 3.03. The summed E-state index contributed by atoms with van der Waals surface area (Å²) in [5.74, 6) is 0.826. The zero-order valence-electron chi connectivity index (χ0n) is 18.0. The lowest BCUT2D eigenvalue weighted by molar-refractivity contribution is -0.129. The minimum atomic E-state index is -0.0539. The van der Waals surface area contributed by atoms with Gasteiger partial charge in [0.15, 0.2) is 5.65 Å². The fraction of sp³-hybridized carbons (Fsp3) is 0.696. The second-order valence-corrected chi connectivity index (χ2v) is 9.45. The number of hydrogen-bond acceptors (Lipinski definition) is 4. The quantitative estimate of drug-likeness (QED) is 0.843. The third-order valence-corrected chi connectivity index (χ3v) is 7.42. The molecule has 1 aliphatic carbocycles. The molecule has 1 saturated carbocycles. The maximum absolute atomic E-state index is 13.2. The van der Waals surface area contributed by atoms with Crippen molar-refractivity contribution in [2.45, 2.75) is 77.3 Å². The van der Waals surface area contributed by atoms with Crippen molar-refractivity contribution in [2.24, 2.45) is 5.92 Å². The SMILES string of the molecule is CC(=O)N1CCc2nc3cc([C@H]4CCCCN4CC4CCCCC4)[nH]n3c(=O)c2C1. The monoisotopic (exact) mass is 411 g/mol. The average molecular weight is 412 g/mol. The van der Waals surface area contributed by atoms with Gasteiger partial charge in [-0.15, -0.1) is 0 Å². The van der Waals surface area contributed by atoms with Crippen molar-refractivity contribution < 1.29 is 4.79 Å². The molecular weight excluding hydrogens is 378 g/mol. The van der Waals surface area contributed by atoms with Gasteiger partial charge in [0.1, 0.15) is 0 Å². The van der Waals surface area contributed by atoms with Crippen molar-refractivity contribution in [3.8, 4) is 0 Å². The van der Waals surface area contributed by atoms with E-state index < -0.39 is 0 Å². The van der Waals surface area contributed by atoms with Gasteiger partial charge < -0.3 is 4.90 Å². The number of aromatic amines is 1. The normalized spacial score (nSPS) is 23.6. The molecule has 1 atom stereocenters. The van der Waals surface area contributed by atoms with Crippen LogP contribution in [-0.2, 0) is 17.8 Å². The first-order valence-electron chi connectivity index (χ1n) is 11.7. The molecule has 0 spiro atoms. The number of piperidine rings is 1. The van der Waals surface area contributed by atoms with Crippen molar-refractivity contribution in [1.82, 2.24) is 24.4 Å². The lowest BCUT2D eigenvalue weighted by atomic mass is 9.87. The summed E-state index contributed by atoms with van der Waals surface area (Å²) in [4.78, 5) is 34.1. The predicted molar refractivity (Wildman–Crippen MR) is 115 cm³/mol. The van der Waals surface area contributed by atoms with Gasteiger partial charge in [-0.05, 0) is 38.1 Å². The van der Waals surface area contributed by atoms with Gasteiger partial charge in [-0.2, -0.15) is 0 Å². The molecule has 7 nitrogen and oxygen atoms in total. The standard InChI is InChI=1S/C23H33N5O2/c1-16(29)26-12-10-19-18(15-26)23(30)28-22(24-19)13-20(25-28)21-9-5-6-11-27(21)14-17-7-3-2-4-8-17/h13,17,21,25H,2-12,14-15H2,1H3/t21-/m1/s1. The fourth-order valence-electron chi connectivity index (χ4n) is 5.70. The van der Waals surface area contributed by atoms with Crippen molar-refractivity contribution in [3.63, 3.8) is 0 Å². The van der Waals surface area contributed by atoms with Crippen LogP contribution >= 0.6 is 0 Å². The van der Waals surface area contributed by atoms with E-state index in [-0.39, 0.29) is 11.5 Å². The smallest absolute Gasteiger partial charge is 0.277 e. The van der Waals surface area contributed by atoms with Crippen LogP contribution in [0.1, 0.15) is 81.3 Å². The summed E-state index contributed by atoms with van der Waals surface area (Å²) in [6.45, 7) is 4.88. The Hall–Kier alpha value is -2.15. The second-order valence-electron chi connectivity index (χ2n) is 9.45. The molecule has 1 N–H and O–H groups in total.